The van der Waals surface area contributed by atoms with E-state index in [4.69, 9.17) is 0 Å². The van der Waals surface area contributed by atoms with Crippen molar-refractivity contribution in [2.24, 2.45) is 0 Å². The molecular formula is C66H49N. The highest BCUT2D eigenvalue weighted by Gasteiger charge is 2.48. The molecule has 67 heavy (non-hydrogen) atoms. The molecular weight excluding hydrogens is 807 g/mol. The molecule has 0 heterocycles. The SMILES string of the molecule is CC1(C)c2ccccc2-c2ccc(-c3ccc(N(c4ccc5c(c4)C(C)(c4ccccc4)c4ccccc4-5)c4cccc5c4-c4ccccc4C5(c4ccccc4)c4ccccc4)cc3)cc21. The Bertz CT molecular complexity index is 3510. The van der Waals surface area contributed by atoms with Gasteiger partial charge >= 0.3 is 0 Å². The van der Waals surface area contributed by atoms with Gasteiger partial charge in [0.25, 0.3) is 0 Å². The van der Waals surface area contributed by atoms with E-state index >= 15 is 0 Å². The van der Waals surface area contributed by atoms with Gasteiger partial charge in [0.1, 0.15) is 0 Å². The van der Waals surface area contributed by atoms with E-state index < -0.39 is 5.41 Å². The van der Waals surface area contributed by atoms with E-state index in [-0.39, 0.29) is 10.8 Å². The van der Waals surface area contributed by atoms with E-state index in [0.29, 0.717) is 0 Å². The van der Waals surface area contributed by atoms with Gasteiger partial charge in [-0.15, -0.1) is 0 Å². The van der Waals surface area contributed by atoms with Crippen molar-refractivity contribution in [1.29, 1.82) is 0 Å². The topological polar surface area (TPSA) is 3.24 Å². The van der Waals surface area contributed by atoms with Crippen LogP contribution in [0.3, 0.4) is 0 Å². The third-order valence-electron chi connectivity index (χ3n) is 15.7. The molecule has 0 saturated heterocycles. The summed E-state index contributed by atoms with van der Waals surface area (Å²) in [7, 11) is 0. The largest absolute Gasteiger partial charge is 0.310 e. The molecule has 1 atom stereocenters. The number of hydrogen-bond acceptors (Lipinski definition) is 1. The molecule has 1 heteroatoms. The van der Waals surface area contributed by atoms with Crippen LogP contribution >= 0.6 is 0 Å². The van der Waals surface area contributed by atoms with E-state index in [1.54, 1.807) is 0 Å². The average Bonchev–Trinajstić information content (AvgIpc) is 3.94. The van der Waals surface area contributed by atoms with Crippen molar-refractivity contribution in [3.05, 3.63) is 293 Å². The van der Waals surface area contributed by atoms with Crippen molar-refractivity contribution >= 4 is 17.1 Å². The van der Waals surface area contributed by atoms with Gasteiger partial charge in [-0.05, 0) is 132 Å². The summed E-state index contributed by atoms with van der Waals surface area (Å²) in [4.78, 5) is 2.53. The summed E-state index contributed by atoms with van der Waals surface area (Å²) in [6.45, 7) is 7.14. The fraction of sp³-hybridized carbons (Fsp3) is 0.0909. The lowest BCUT2D eigenvalue weighted by Crippen LogP contribution is -2.28. The zero-order valence-electron chi connectivity index (χ0n) is 38.0. The number of benzene rings is 10. The third-order valence-corrected chi connectivity index (χ3v) is 15.7. The zero-order valence-corrected chi connectivity index (χ0v) is 38.0. The number of fused-ring (bicyclic) bond motifs is 9. The highest BCUT2D eigenvalue weighted by atomic mass is 15.1. The van der Waals surface area contributed by atoms with Crippen LogP contribution in [0.2, 0.25) is 0 Å². The van der Waals surface area contributed by atoms with Gasteiger partial charge in [0.05, 0.1) is 11.1 Å². The molecule has 13 rings (SSSR count). The van der Waals surface area contributed by atoms with Crippen LogP contribution in [0.4, 0.5) is 17.1 Å². The number of hydrogen-bond donors (Lipinski definition) is 0. The number of anilines is 3. The van der Waals surface area contributed by atoms with Crippen molar-refractivity contribution in [3.8, 4) is 44.5 Å². The van der Waals surface area contributed by atoms with Crippen LogP contribution in [-0.2, 0) is 16.2 Å². The first-order valence-corrected chi connectivity index (χ1v) is 23.7. The molecule has 318 valence electrons. The summed E-state index contributed by atoms with van der Waals surface area (Å²) >= 11 is 0. The van der Waals surface area contributed by atoms with Crippen molar-refractivity contribution in [3.63, 3.8) is 0 Å². The van der Waals surface area contributed by atoms with Crippen LogP contribution in [-0.4, -0.2) is 0 Å². The summed E-state index contributed by atoms with van der Waals surface area (Å²) < 4.78 is 0. The fourth-order valence-corrected chi connectivity index (χ4v) is 12.5. The molecule has 0 bridgehead atoms. The van der Waals surface area contributed by atoms with Crippen LogP contribution in [0, 0.1) is 0 Å². The van der Waals surface area contributed by atoms with Gasteiger partial charge in [0.2, 0.25) is 0 Å². The molecule has 1 unspecified atom stereocenters. The van der Waals surface area contributed by atoms with Crippen molar-refractivity contribution in [2.45, 2.75) is 37.0 Å². The van der Waals surface area contributed by atoms with Crippen molar-refractivity contribution in [1.82, 2.24) is 0 Å². The minimum absolute atomic E-state index is 0.0706. The number of nitrogens with zero attached hydrogens (tertiary/aromatic N) is 1. The lowest BCUT2D eigenvalue weighted by molar-refractivity contribution is 0.660. The molecule has 0 saturated carbocycles. The summed E-state index contributed by atoms with van der Waals surface area (Å²) in [6, 6.07) is 90.9. The second-order valence-corrected chi connectivity index (χ2v) is 19.3. The monoisotopic (exact) mass is 855 g/mol. The summed E-state index contributed by atoms with van der Waals surface area (Å²) in [5.74, 6) is 0. The predicted molar refractivity (Wildman–Crippen MR) is 279 cm³/mol. The van der Waals surface area contributed by atoms with Crippen LogP contribution in [0.25, 0.3) is 44.5 Å². The normalized spacial score (nSPS) is 16.3. The minimum atomic E-state index is -0.521. The van der Waals surface area contributed by atoms with E-state index in [1.165, 1.54) is 94.6 Å². The first-order valence-electron chi connectivity index (χ1n) is 23.7. The quantitative estimate of drug-likeness (QED) is 0.154. The maximum Gasteiger partial charge on any atom is 0.0714 e. The third kappa shape index (κ3) is 5.55. The van der Waals surface area contributed by atoms with Gasteiger partial charge < -0.3 is 4.90 Å². The Balaban J connectivity index is 1.04. The van der Waals surface area contributed by atoms with Crippen LogP contribution in [0.5, 0.6) is 0 Å². The summed E-state index contributed by atoms with van der Waals surface area (Å²) in [5, 5.41) is 0. The first kappa shape index (κ1) is 39.4. The Kier molecular flexibility index (Phi) is 8.67. The van der Waals surface area contributed by atoms with Crippen LogP contribution in [0.1, 0.15) is 70.8 Å². The molecule has 0 spiro atoms. The fourth-order valence-electron chi connectivity index (χ4n) is 12.5. The second-order valence-electron chi connectivity index (χ2n) is 19.3. The molecule has 3 aliphatic rings. The lowest BCUT2D eigenvalue weighted by atomic mass is 9.68. The van der Waals surface area contributed by atoms with Gasteiger partial charge in [-0.2, -0.15) is 0 Å². The highest BCUT2D eigenvalue weighted by molar-refractivity contribution is 5.98. The Hall–Kier alpha value is -8.00. The van der Waals surface area contributed by atoms with Crippen molar-refractivity contribution < 1.29 is 0 Å². The molecule has 0 radical (unpaired) electrons. The van der Waals surface area contributed by atoms with Gasteiger partial charge in [0, 0.05) is 27.8 Å². The number of rotatable bonds is 7. The van der Waals surface area contributed by atoms with Gasteiger partial charge in [-0.25, -0.2) is 0 Å². The van der Waals surface area contributed by atoms with E-state index in [2.05, 4.69) is 268 Å². The van der Waals surface area contributed by atoms with Gasteiger partial charge in [0.15, 0.2) is 0 Å². The zero-order chi connectivity index (χ0) is 44.9. The summed E-state index contributed by atoms with van der Waals surface area (Å²) in [5.41, 5.74) is 24.5. The maximum atomic E-state index is 2.53. The molecule has 0 amide bonds. The molecule has 10 aromatic carbocycles. The van der Waals surface area contributed by atoms with Gasteiger partial charge in [-0.1, -0.05) is 220 Å². The van der Waals surface area contributed by atoms with E-state index in [9.17, 15) is 0 Å². The Morgan fingerprint density at radius 2 is 0.776 bits per heavy atom. The predicted octanol–water partition coefficient (Wildman–Crippen LogP) is 16.8. The van der Waals surface area contributed by atoms with Crippen LogP contribution in [0.15, 0.2) is 243 Å². The smallest absolute Gasteiger partial charge is 0.0714 e. The lowest BCUT2D eigenvalue weighted by Gasteiger charge is -2.34. The Labute approximate surface area is 394 Å². The average molecular weight is 856 g/mol. The molecule has 3 aliphatic carbocycles. The molecule has 10 aromatic rings. The minimum Gasteiger partial charge on any atom is -0.310 e. The Morgan fingerprint density at radius 3 is 1.45 bits per heavy atom. The van der Waals surface area contributed by atoms with Crippen molar-refractivity contribution in [2.75, 3.05) is 4.90 Å². The van der Waals surface area contributed by atoms with E-state index in [0.717, 1.165) is 17.1 Å². The molecule has 0 aromatic heterocycles. The van der Waals surface area contributed by atoms with Crippen LogP contribution < -0.4 is 4.90 Å². The molecule has 0 N–H and O–H groups in total. The highest BCUT2D eigenvalue weighted by Crippen LogP contribution is 2.60. The van der Waals surface area contributed by atoms with E-state index in [1.807, 2.05) is 0 Å². The molecule has 0 aliphatic heterocycles. The Morgan fingerprint density at radius 1 is 0.299 bits per heavy atom. The second kappa shape index (κ2) is 14.8. The van der Waals surface area contributed by atoms with Gasteiger partial charge in [-0.3, -0.25) is 0 Å². The maximum absolute atomic E-state index is 2.53. The first-order chi connectivity index (χ1) is 32.9. The molecule has 1 nitrogen and oxygen atoms in total. The standard InChI is InChI=1S/C66H49N/c1-64(2)56-29-16-13-26-51(56)53-40-36-45(42-60(53)64)44-34-37-49(38-35-44)67(50-39-41-54-52-27-14-17-30-57(52)65(3,61(54)43-50)46-20-7-4-8-21-46)62-33-19-32-59-63(62)55-28-15-18-31-58(55)66(59,47-22-9-5-10-23-47)48-24-11-6-12-25-48/h4-43H,1-3H3. The molecule has 0 fully saturated rings. The summed E-state index contributed by atoms with van der Waals surface area (Å²) in [6.07, 6.45) is 0.